The van der Waals surface area contributed by atoms with Gasteiger partial charge in [0.2, 0.25) is 0 Å². The van der Waals surface area contributed by atoms with Crippen LogP contribution in [0.2, 0.25) is 5.02 Å². The van der Waals surface area contributed by atoms with E-state index in [1.54, 1.807) is 43.3 Å². The number of hydrogen-bond acceptors (Lipinski definition) is 7. The first-order chi connectivity index (χ1) is 19.7. The maximum absolute atomic E-state index is 13.6. The summed E-state index contributed by atoms with van der Waals surface area (Å²) in [6.45, 7) is 3.68. The molecule has 2 aromatic heterocycles. The van der Waals surface area contributed by atoms with E-state index in [9.17, 15) is 19.2 Å². The number of rotatable bonds is 12. The van der Waals surface area contributed by atoms with E-state index in [0.29, 0.717) is 33.2 Å². The average molecular weight is 579 g/mol. The molecular formula is C31H31ClN2O7. The van der Waals surface area contributed by atoms with Crippen molar-refractivity contribution in [1.29, 1.82) is 0 Å². The number of methoxy groups -OCH3 is 2. The Morgan fingerprint density at radius 1 is 1.02 bits per heavy atom. The predicted octanol–water partition coefficient (Wildman–Crippen LogP) is 5.43. The highest BCUT2D eigenvalue weighted by Crippen LogP contribution is 2.34. The molecule has 2 aromatic carbocycles. The molecule has 0 fully saturated rings. The number of nitrogens with zero attached hydrogens (tertiary/aromatic N) is 1. The first-order valence-electron chi connectivity index (χ1n) is 13.1. The summed E-state index contributed by atoms with van der Waals surface area (Å²) < 4.78 is 17.3. The van der Waals surface area contributed by atoms with Gasteiger partial charge in [0.25, 0.3) is 5.56 Å². The van der Waals surface area contributed by atoms with Crippen molar-refractivity contribution in [2.24, 2.45) is 0 Å². The zero-order valence-electron chi connectivity index (χ0n) is 23.3. The van der Waals surface area contributed by atoms with Gasteiger partial charge in [0.05, 0.1) is 26.0 Å². The predicted molar refractivity (Wildman–Crippen MR) is 156 cm³/mol. The van der Waals surface area contributed by atoms with Crippen LogP contribution in [-0.2, 0) is 20.7 Å². The van der Waals surface area contributed by atoms with Gasteiger partial charge in [-0.15, -0.1) is 0 Å². The Balaban J connectivity index is 1.70. The first kappa shape index (κ1) is 29.8. The maximum atomic E-state index is 13.6. The largest absolute Gasteiger partial charge is 0.495 e. The van der Waals surface area contributed by atoms with Crippen LogP contribution in [0.1, 0.15) is 52.7 Å². The minimum absolute atomic E-state index is 0.0452. The maximum Gasteiger partial charge on any atom is 0.354 e. The summed E-state index contributed by atoms with van der Waals surface area (Å²) in [5, 5.41) is 1.16. The minimum Gasteiger partial charge on any atom is -0.495 e. The number of halogens is 1. The molecule has 0 bridgehead atoms. The molecule has 1 N–H and O–H groups in total. The molecule has 0 aliphatic rings. The van der Waals surface area contributed by atoms with Crippen LogP contribution in [0.3, 0.4) is 0 Å². The van der Waals surface area contributed by atoms with Crippen LogP contribution in [0.4, 0.5) is 0 Å². The topological polar surface area (TPSA) is 117 Å². The van der Waals surface area contributed by atoms with Gasteiger partial charge in [0, 0.05) is 53.3 Å². The molecule has 4 rings (SSSR count). The number of nitrogens with one attached hydrogen (secondary N) is 1. The van der Waals surface area contributed by atoms with Gasteiger partial charge in [-0.1, -0.05) is 17.7 Å². The summed E-state index contributed by atoms with van der Waals surface area (Å²) in [5.41, 5.74) is 2.61. The number of aromatic amines is 1. The number of carbonyl (C=O) groups excluding carboxylic acids is 3. The Morgan fingerprint density at radius 3 is 2.49 bits per heavy atom. The number of Topliss-reactive ketones (excluding diaryl/α,β-unsaturated/α-hetero) is 2. The zero-order chi connectivity index (χ0) is 29.7. The van der Waals surface area contributed by atoms with Crippen molar-refractivity contribution < 1.29 is 28.6 Å². The third-order valence-electron chi connectivity index (χ3n) is 6.78. The molecule has 1 atom stereocenters. The molecule has 0 aliphatic carbocycles. The van der Waals surface area contributed by atoms with E-state index < -0.39 is 17.6 Å². The Hall–Kier alpha value is -4.21. The molecule has 1 unspecified atom stereocenters. The van der Waals surface area contributed by atoms with E-state index in [-0.39, 0.29) is 37.6 Å². The van der Waals surface area contributed by atoms with E-state index in [0.717, 1.165) is 16.5 Å². The van der Waals surface area contributed by atoms with Gasteiger partial charge < -0.3 is 23.8 Å². The van der Waals surface area contributed by atoms with Crippen molar-refractivity contribution in [2.75, 3.05) is 27.4 Å². The fraction of sp³-hybridized carbons (Fsp3) is 0.290. The number of fused-ring (bicyclic) bond motifs is 1. The third-order valence-corrected chi connectivity index (χ3v) is 7.01. The van der Waals surface area contributed by atoms with Crippen molar-refractivity contribution >= 4 is 40.0 Å². The Labute approximate surface area is 242 Å². The van der Waals surface area contributed by atoms with Crippen LogP contribution in [0, 0.1) is 0 Å². The van der Waals surface area contributed by atoms with Crippen LogP contribution in [-0.4, -0.2) is 54.5 Å². The third kappa shape index (κ3) is 6.58. The molecule has 9 nitrogen and oxygen atoms in total. The second kappa shape index (κ2) is 13.0. The molecule has 2 heterocycles. The number of H-pyrrole nitrogens is 1. The molecule has 10 heteroatoms. The van der Waals surface area contributed by atoms with Crippen LogP contribution in [0.25, 0.3) is 22.0 Å². The smallest absolute Gasteiger partial charge is 0.354 e. The second-order valence-electron chi connectivity index (χ2n) is 9.51. The fourth-order valence-corrected chi connectivity index (χ4v) is 4.98. The molecule has 0 aliphatic heterocycles. The highest BCUT2D eigenvalue weighted by atomic mass is 35.5. The van der Waals surface area contributed by atoms with Gasteiger partial charge in [-0.2, -0.15) is 0 Å². The summed E-state index contributed by atoms with van der Waals surface area (Å²) in [6.07, 6.45) is 1.79. The highest BCUT2D eigenvalue weighted by molar-refractivity contribution is 6.31. The Morgan fingerprint density at radius 2 is 1.80 bits per heavy atom. The number of pyridine rings is 1. The van der Waals surface area contributed by atoms with Crippen molar-refractivity contribution in [3.05, 3.63) is 86.9 Å². The number of hydrogen-bond donors (Lipinski definition) is 1. The zero-order valence-corrected chi connectivity index (χ0v) is 24.0. The summed E-state index contributed by atoms with van der Waals surface area (Å²) in [4.78, 5) is 54.5. The van der Waals surface area contributed by atoms with Crippen LogP contribution >= 0.6 is 11.6 Å². The number of ether oxygens (including phenoxy) is 3. The van der Waals surface area contributed by atoms with Crippen LogP contribution in [0.15, 0.2) is 59.5 Å². The van der Waals surface area contributed by atoms with Gasteiger partial charge in [0.1, 0.15) is 11.4 Å². The van der Waals surface area contributed by atoms with Gasteiger partial charge in [0.15, 0.2) is 11.6 Å². The van der Waals surface area contributed by atoms with E-state index in [1.165, 1.54) is 38.0 Å². The number of ketones is 2. The summed E-state index contributed by atoms with van der Waals surface area (Å²) >= 11 is 6.21. The van der Waals surface area contributed by atoms with E-state index >= 15 is 0 Å². The van der Waals surface area contributed by atoms with Crippen molar-refractivity contribution in [1.82, 2.24) is 9.55 Å². The molecule has 0 saturated carbocycles. The molecule has 214 valence electrons. The summed E-state index contributed by atoms with van der Waals surface area (Å²) in [6, 6.07) is 12.4. The highest BCUT2D eigenvalue weighted by Gasteiger charge is 2.25. The Bertz CT molecular complexity index is 1670. The number of carbonyl (C=O) groups is 3. The monoisotopic (exact) mass is 578 g/mol. The first-order valence-corrected chi connectivity index (χ1v) is 13.5. The quantitative estimate of drug-likeness (QED) is 0.176. The van der Waals surface area contributed by atoms with Gasteiger partial charge >= 0.3 is 5.97 Å². The Kier molecular flexibility index (Phi) is 9.42. The fourth-order valence-electron chi connectivity index (χ4n) is 4.81. The lowest BCUT2D eigenvalue weighted by Crippen LogP contribution is -2.31. The molecule has 0 radical (unpaired) electrons. The molecule has 0 amide bonds. The normalized spacial score (nSPS) is 11.8. The van der Waals surface area contributed by atoms with Crippen LogP contribution in [0.5, 0.6) is 5.75 Å². The standard InChI is InChI=1S/C31H31ClN2O7/c1-5-41-31(38)26-14-20-12-19(6-9-25(20)33-26)13-28(36)27(10-11-39-3)34-17-29(40-4)24(16-30(34)37)23-15-21(32)7-8-22(23)18(2)35/h6-9,12,14-17,27,33H,5,10-11,13H2,1-4H3. The molecule has 41 heavy (non-hydrogen) atoms. The van der Waals surface area contributed by atoms with E-state index in [4.69, 9.17) is 25.8 Å². The van der Waals surface area contributed by atoms with E-state index in [2.05, 4.69) is 4.98 Å². The molecule has 0 saturated heterocycles. The van der Waals surface area contributed by atoms with Crippen molar-refractivity contribution in [3.63, 3.8) is 0 Å². The van der Waals surface area contributed by atoms with Gasteiger partial charge in [-0.05, 0) is 67.8 Å². The molecule has 0 spiro atoms. The lowest BCUT2D eigenvalue weighted by atomic mass is 9.96. The molecule has 4 aromatic rings. The minimum atomic E-state index is -0.839. The van der Waals surface area contributed by atoms with E-state index in [1.807, 2.05) is 6.07 Å². The lowest BCUT2D eigenvalue weighted by molar-refractivity contribution is -0.122. The lowest BCUT2D eigenvalue weighted by Gasteiger charge is -2.21. The van der Waals surface area contributed by atoms with Crippen LogP contribution < -0.4 is 10.3 Å². The van der Waals surface area contributed by atoms with Gasteiger partial charge in [-0.25, -0.2) is 4.79 Å². The SMILES string of the molecule is CCOC(=O)c1cc2cc(CC(=O)C(CCOC)n3cc(OC)c(-c4cc(Cl)ccc4C(C)=O)cc3=O)ccc2[nH]1. The number of benzene rings is 2. The van der Waals surface area contributed by atoms with Crippen molar-refractivity contribution in [3.8, 4) is 16.9 Å². The van der Waals surface area contributed by atoms with Crippen molar-refractivity contribution in [2.45, 2.75) is 32.7 Å². The number of aromatic nitrogens is 2. The average Bonchev–Trinajstić information content (AvgIpc) is 3.37. The number of esters is 1. The summed E-state index contributed by atoms with van der Waals surface area (Å²) in [7, 11) is 2.98. The van der Waals surface area contributed by atoms with Gasteiger partial charge in [-0.3, -0.25) is 14.4 Å². The summed E-state index contributed by atoms with van der Waals surface area (Å²) in [5.74, 6) is -0.535. The second-order valence-corrected chi connectivity index (χ2v) is 9.95. The molecular weight excluding hydrogens is 548 g/mol.